The smallest absolute Gasteiger partial charge is 0.257 e. The molecule has 0 saturated carbocycles. The minimum Gasteiger partial charge on any atom is -0.331 e. The number of aryl methyl sites for hydroxylation is 2. The lowest BCUT2D eigenvalue weighted by Gasteiger charge is -2.04. The van der Waals surface area contributed by atoms with Crippen LogP contribution in [0.15, 0.2) is 24.5 Å². The number of rotatable bonds is 6. The monoisotopic (exact) mass is 330 g/mol. The molecule has 0 aliphatic heterocycles. The van der Waals surface area contributed by atoms with E-state index < -0.39 is 0 Å². The van der Waals surface area contributed by atoms with E-state index in [0.717, 1.165) is 35.4 Å². The van der Waals surface area contributed by atoms with Crippen molar-refractivity contribution >= 4 is 33.4 Å². The highest BCUT2D eigenvalue weighted by atomic mass is 32.1. The number of hydrogen-bond acceptors (Lipinski definition) is 6. The molecule has 0 saturated heterocycles. The Kier molecular flexibility index (Phi) is 4.63. The summed E-state index contributed by atoms with van der Waals surface area (Å²) >= 11 is 1.39. The maximum absolute atomic E-state index is 12.3. The fourth-order valence-electron chi connectivity index (χ4n) is 2.26. The van der Waals surface area contributed by atoms with Gasteiger partial charge in [-0.15, -0.1) is 10.2 Å². The van der Waals surface area contributed by atoms with Crippen LogP contribution in [0.1, 0.15) is 28.7 Å². The molecule has 3 aromatic rings. The van der Waals surface area contributed by atoms with Crippen molar-refractivity contribution in [3.63, 3.8) is 0 Å². The Balaban J connectivity index is 1.78. The molecule has 1 aromatic carbocycles. The van der Waals surface area contributed by atoms with Crippen molar-refractivity contribution in [1.29, 1.82) is 0 Å². The summed E-state index contributed by atoms with van der Waals surface area (Å²) in [7, 11) is 0. The fraction of sp³-hybridized carbons (Fsp3) is 0.333. The number of aromatic nitrogens is 4. The van der Waals surface area contributed by atoms with Crippen LogP contribution in [-0.4, -0.2) is 32.2 Å². The number of anilines is 1. The molecule has 8 heteroatoms. The lowest BCUT2D eigenvalue weighted by Crippen LogP contribution is -2.11. The molecule has 0 atom stereocenters. The average Bonchev–Trinajstić information content (AvgIpc) is 3.18. The lowest BCUT2D eigenvalue weighted by atomic mass is 10.2. The maximum Gasteiger partial charge on any atom is 0.257 e. The van der Waals surface area contributed by atoms with E-state index >= 15 is 0 Å². The highest BCUT2D eigenvalue weighted by Crippen LogP contribution is 2.19. The van der Waals surface area contributed by atoms with Crippen LogP contribution in [0.3, 0.4) is 0 Å². The van der Waals surface area contributed by atoms with Crippen molar-refractivity contribution in [2.75, 3.05) is 11.9 Å². The van der Waals surface area contributed by atoms with Gasteiger partial charge in [0, 0.05) is 12.1 Å². The first-order valence-corrected chi connectivity index (χ1v) is 8.31. The molecule has 3 N–H and O–H groups in total. The first-order valence-electron chi connectivity index (χ1n) is 7.50. The number of imidazole rings is 1. The average molecular weight is 330 g/mol. The van der Waals surface area contributed by atoms with Gasteiger partial charge < -0.3 is 10.3 Å². The van der Waals surface area contributed by atoms with Crippen molar-refractivity contribution in [2.45, 2.75) is 26.3 Å². The van der Waals surface area contributed by atoms with Gasteiger partial charge in [0.15, 0.2) is 0 Å². The van der Waals surface area contributed by atoms with Crippen LogP contribution in [0, 0.1) is 0 Å². The van der Waals surface area contributed by atoms with E-state index in [1.165, 1.54) is 11.3 Å². The Labute approximate surface area is 137 Å². The summed E-state index contributed by atoms with van der Waals surface area (Å²) in [5.74, 6) is -0.206. The number of carbonyl (C=O) groups excluding carboxylic acids is 1. The van der Waals surface area contributed by atoms with E-state index in [2.05, 4.69) is 20.5 Å². The summed E-state index contributed by atoms with van der Waals surface area (Å²) in [6, 6.07) is 5.48. The van der Waals surface area contributed by atoms with Crippen LogP contribution in [0.2, 0.25) is 0 Å². The van der Waals surface area contributed by atoms with E-state index in [9.17, 15) is 4.79 Å². The van der Waals surface area contributed by atoms with Gasteiger partial charge in [0.25, 0.3) is 5.91 Å². The second kappa shape index (κ2) is 6.84. The normalized spacial score (nSPS) is 11.0. The zero-order valence-electron chi connectivity index (χ0n) is 12.8. The number of nitrogens with zero attached hydrogens (tertiary/aromatic N) is 4. The van der Waals surface area contributed by atoms with E-state index in [1.807, 2.05) is 17.6 Å². The standard InChI is InChI=1S/C15H18N6OS/c1-2-13-19-20-15(23-13)18-14(22)10-4-5-12-11(8-10)17-9-21(12)7-3-6-16/h4-5,8-9H,2-3,6-7,16H2,1H3,(H,18,20,22). The molecule has 23 heavy (non-hydrogen) atoms. The molecular formula is C15H18N6OS. The van der Waals surface area contributed by atoms with Crippen LogP contribution in [0.25, 0.3) is 11.0 Å². The third kappa shape index (κ3) is 3.38. The van der Waals surface area contributed by atoms with Gasteiger partial charge in [0.2, 0.25) is 5.13 Å². The summed E-state index contributed by atoms with van der Waals surface area (Å²) in [6.07, 6.45) is 3.48. The molecule has 0 fully saturated rings. The number of fused-ring (bicyclic) bond motifs is 1. The van der Waals surface area contributed by atoms with E-state index in [0.29, 0.717) is 17.2 Å². The minimum atomic E-state index is -0.206. The van der Waals surface area contributed by atoms with Gasteiger partial charge in [-0.25, -0.2) is 4.98 Å². The SMILES string of the molecule is CCc1nnc(NC(=O)c2ccc3c(c2)ncn3CCCN)s1. The summed E-state index contributed by atoms with van der Waals surface area (Å²) in [5.41, 5.74) is 7.88. The Morgan fingerprint density at radius 2 is 2.26 bits per heavy atom. The topological polar surface area (TPSA) is 98.7 Å². The first-order chi connectivity index (χ1) is 11.2. The van der Waals surface area contributed by atoms with Crippen molar-refractivity contribution < 1.29 is 4.79 Å². The minimum absolute atomic E-state index is 0.206. The van der Waals surface area contributed by atoms with Crippen LogP contribution < -0.4 is 11.1 Å². The van der Waals surface area contributed by atoms with Crippen LogP contribution >= 0.6 is 11.3 Å². The van der Waals surface area contributed by atoms with Gasteiger partial charge in [-0.05, 0) is 37.6 Å². The fourth-order valence-corrected chi connectivity index (χ4v) is 2.94. The van der Waals surface area contributed by atoms with E-state index in [1.54, 1.807) is 18.5 Å². The number of carbonyl (C=O) groups is 1. The Morgan fingerprint density at radius 3 is 3.00 bits per heavy atom. The number of nitrogens with two attached hydrogens (primary N) is 1. The summed E-state index contributed by atoms with van der Waals surface area (Å²) in [6.45, 7) is 3.46. The van der Waals surface area contributed by atoms with Crippen LogP contribution in [0.5, 0.6) is 0 Å². The molecule has 0 radical (unpaired) electrons. The summed E-state index contributed by atoms with van der Waals surface area (Å²) in [5, 5.41) is 12.1. The molecule has 0 bridgehead atoms. The molecule has 2 heterocycles. The van der Waals surface area contributed by atoms with Crippen LogP contribution in [0.4, 0.5) is 5.13 Å². The highest BCUT2D eigenvalue weighted by molar-refractivity contribution is 7.15. The van der Waals surface area contributed by atoms with Gasteiger partial charge >= 0.3 is 0 Å². The second-order valence-electron chi connectivity index (χ2n) is 5.09. The molecule has 0 aliphatic rings. The number of benzene rings is 1. The van der Waals surface area contributed by atoms with Crippen molar-refractivity contribution in [2.24, 2.45) is 5.73 Å². The molecule has 3 rings (SSSR count). The first kappa shape index (κ1) is 15.6. The third-order valence-corrected chi connectivity index (χ3v) is 4.46. The summed E-state index contributed by atoms with van der Waals surface area (Å²) < 4.78 is 2.04. The van der Waals surface area contributed by atoms with Gasteiger partial charge in [-0.3, -0.25) is 10.1 Å². The molecule has 0 unspecified atom stereocenters. The van der Waals surface area contributed by atoms with Crippen molar-refractivity contribution in [3.8, 4) is 0 Å². The molecular weight excluding hydrogens is 312 g/mol. The largest absolute Gasteiger partial charge is 0.331 e. The summed E-state index contributed by atoms with van der Waals surface area (Å²) in [4.78, 5) is 16.7. The van der Waals surface area contributed by atoms with E-state index in [4.69, 9.17) is 5.73 Å². The Morgan fingerprint density at radius 1 is 1.39 bits per heavy atom. The van der Waals surface area contributed by atoms with Gasteiger partial charge in [0.05, 0.1) is 17.4 Å². The number of amides is 1. The lowest BCUT2D eigenvalue weighted by molar-refractivity contribution is 0.102. The third-order valence-electron chi connectivity index (χ3n) is 3.48. The van der Waals surface area contributed by atoms with Crippen molar-refractivity contribution in [3.05, 3.63) is 35.1 Å². The Bertz CT molecular complexity index is 824. The van der Waals surface area contributed by atoms with Gasteiger partial charge in [0.1, 0.15) is 5.01 Å². The van der Waals surface area contributed by atoms with E-state index in [-0.39, 0.29) is 5.91 Å². The Hall–Kier alpha value is -2.32. The predicted molar refractivity (Wildman–Crippen MR) is 90.6 cm³/mol. The van der Waals surface area contributed by atoms with Gasteiger partial charge in [-0.1, -0.05) is 18.3 Å². The molecule has 7 nitrogen and oxygen atoms in total. The van der Waals surface area contributed by atoms with Gasteiger partial charge in [-0.2, -0.15) is 0 Å². The molecule has 1 amide bonds. The highest BCUT2D eigenvalue weighted by Gasteiger charge is 2.12. The molecule has 0 aliphatic carbocycles. The molecule has 2 aromatic heterocycles. The number of nitrogens with one attached hydrogen (secondary N) is 1. The molecule has 120 valence electrons. The predicted octanol–water partition coefficient (Wildman–Crippen LogP) is 2.05. The number of hydrogen-bond donors (Lipinski definition) is 2. The van der Waals surface area contributed by atoms with Crippen molar-refractivity contribution in [1.82, 2.24) is 19.7 Å². The zero-order valence-corrected chi connectivity index (χ0v) is 13.6. The second-order valence-corrected chi connectivity index (χ2v) is 6.15. The maximum atomic E-state index is 12.3. The zero-order chi connectivity index (χ0) is 16.2. The quantitative estimate of drug-likeness (QED) is 0.721. The van der Waals surface area contributed by atoms with Crippen LogP contribution in [-0.2, 0) is 13.0 Å². The molecule has 0 spiro atoms.